The third-order valence-electron chi connectivity index (χ3n) is 8.33. The number of aromatic nitrogens is 4. The summed E-state index contributed by atoms with van der Waals surface area (Å²) in [5, 5.41) is 13.7. The highest BCUT2D eigenvalue weighted by Crippen LogP contribution is 2.24. The Kier molecular flexibility index (Phi) is 10.5. The first-order chi connectivity index (χ1) is 22.6. The summed E-state index contributed by atoms with van der Waals surface area (Å²) in [6, 6.07) is 14.2. The predicted octanol–water partition coefficient (Wildman–Crippen LogP) is 3.22. The van der Waals surface area contributed by atoms with Gasteiger partial charge in [0, 0.05) is 50.2 Å². The molecule has 0 radical (unpaired) electrons. The highest BCUT2D eigenvalue weighted by molar-refractivity contribution is 7.09. The minimum absolute atomic E-state index is 0.144. The second-order valence-corrected chi connectivity index (χ2v) is 12.5. The van der Waals surface area contributed by atoms with E-state index in [0.29, 0.717) is 43.7 Å². The number of amides is 2. The summed E-state index contributed by atoms with van der Waals surface area (Å²) < 4.78 is 18.9. The van der Waals surface area contributed by atoms with Gasteiger partial charge in [0.25, 0.3) is 5.91 Å². The normalized spacial score (nSPS) is 20.3. The van der Waals surface area contributed by atoms with Crippen molar-refractivity contribution in [1.29, 1.82) is 0 Å². The minimum atomic E-state index is -0.863. The lowest BCUT2D eigenvalue weighted by Gasteiger charge is -2.36. The van der Waals surface area contributed by atoms with Crippen molar-refractivity contribution in [3.05, 3.63) is 82.4 Å². The lowest BCUT2D eigenvalue weighted by Crippen LogP contribution is -2.52. The molecule has 4 aromatic rings. The van der Waals surface area contributed by atoms with Crippen molar-refractivity contribution in [3.8, 4) is 17.3 Å². The molecule has 1 fully saturated rings. The van der Waals surface area contributed by atoms with E-state index in [2.05, 4.69) is 43.0 Å². The number of piperidine rings is 1. The van der Waals surface area contributed by atoms with Crippen molar-refractivity contribution in [2.45, 2.75) is 31.8 Å². The predicted molar refractivity (Wildman–Crippen MR) is 172 cm³/mol. The molecule has 2 amide bonds. The number of fused-ring (bicyclic) bond motifs is 12. The van der Waals surface area contributed by atoms with Crippen molar-refractivity contribution in [2.24, 2.45) is 5.92 Å². The number of benzene rings is 1. The van der Waals surface area contributed by atoms with Crippen LogP contribution in [0.1, 0.15) is 33.8 Å². The Hall–Kier alpha value is -4.33. The number of methoxy groups -OCH3 is 1. The maximum absolute atomic E-state index is 14.1. The molecule has 0 saturated carbocycles. The van der Waals surface area contributed by atoms with E-state index in [1.165, 1.54) is 4.88 Å². The van der Waals surface area contributed by atoms with E-state index in [0.717, 1.165) is 38.2 Å². The van der Waals surface area contributed by atoms with Gasteiger partial charge in [0.1, 0.15) is 29.6 Å². The summed E-state index contributed by atoms with van der Waals surface area (Å²) in [5.74, 6) is 0.705. The van der Waals surface area contributed by atoms with Gasteiger partial charge in [-0.25, -0.2) is 9.67 Å². The van der Waals surface area contributed by atoms with Gasteiger partial charge in [0.2, 0.25) is 11.8 Å². The lowest BCUT2D eigenvalue weighted by molar-refractivity contribution is -0.134. The Bertz CT molecular complexity index is 1590. The molecule has 1 saturated heterocycles. The van der Waals surface area contributed by atoms with E-state index in [1.54, 1.807) is 47.7 Å². The van der Waals surface area contributed by atoms with E-state index in [4.69, 9.17) is 14.2 Å². The number of para-hydroxylation sites is 2. The molecule has 6 heterocycles. The van der Waals surface area contributed by atoms with E-state index in [1.807, 2.05) is 29.2 Å². The van der Waals surface area contributed by atoms with Gasteiger partial charge >= 0.3 is 0 Å². The Morgan fingerprint density at radius 2 is 1.89 bits per heavy atom. The number of carbonyl (C=O) groups is 2. The molecule has 0 unspecified atom stereocenters. The summed E-state index contributed by atoms with van der Waals surface area (Å²) in [5.41, 5.74) is 1.53. The van der Waals surface area contributed by atoms with E-state index in [-0.39, 0.29) is 30.4 Å². The number of nitrogens with one attached hydrogen (secondary N) is 1. The van der Waals surface area contributed by atoms with E-state index in [9.17, 15) is 9.59 Å². The summed E-state index contributed by atoms with van der Waals surface area (Å²) in [7, 11) is 1.60. The molecule has 1 aromatic carbocycles. The average molecular weight is 646 g/mol. The van der Waals surface area contributed by atoms with Crippen molar-refractivity contribution in [1.82, 2.24) is 35.1 Å². The van der Waals surface area contributed by atoms with Crippen molar-refractivity contribution in [2.75, 3.05) is 53.1 Å². The molecule has 3 aliphatic heterocycles. The Labute approximate surface area is 272 Å². The van der Waals surface area contributed by atoms with Gasteiger partial charge in [-0.05, 0) is 54.5 Å². The second kappa shape index (κ2) is 15.3. The zero-order valence-electron chi connectivity index (χ0n) is 25.9. The molecule has 12 nitrogen and oxygen atoms in total. The molecule has 1 N–H and O–H groups in total. The van der Waals surface area contributed by atoms with E-state index >= 15 is 0 Å². The number of nitrogens with zero attached hydrogens (tertiary/aromatic N) is 6. The molecule has 46 heavy (non-hydrogen) atoms. The van der Waals surface area contributed by atoms with Crippen molar-refractivity contribution >= 4 is 23.2 Å². The monoisotopic (exact) mass is 645 g/mol. The van der Waals surface area contributed by atoms with Crippen molar-refractivity contribution in [3.63, 3.8) is 0 Å². The smallest absolute Gasteiger partial charge is 0.257 e. The first-order valence-electron chi connectivity index (χ1n) is 15.6. The summed E-state index contributed by atoms with van der Waals surface area (Å²) in [6.45, 7) is 5.03. The number of thiophene rings is 1. The average Bonchev–Trinajstić information content (AvgIpc) is 3.78. The lowest BCUT2D eigenvalue weighted by atomic mass is 9.95. The highest BCUT2D eigenvalue weighted by atomic mass is 32.1. The number of hydrogen-bond acceptors (Lipinski definition) is 10. The van der Waals surface area contributed by atoms with Crippen LogP contribution in [0.3, 0.4) is 0 Å². The maximum atomic E-state index is 14.1. The Morgan fingerprint density at radius 3 is 2.72 bits per heavy atom. The van der Waals surface area contributed by atoms with Gasteiger partial charge in [-0.2, -0.15) is 0 Å². The summed E-state index contributed by atoms with van der Waals surface area (Å²) >= 11 is 1.76. The molecule has 0 aliphatic carbocycles. The first-order valence-corrected chi connectivity index (χ1v) is 16.5. The van der Waals surface area contributed by atoms with Gasteiger partial charge in [0.05, 0.1) is 32.2 Å². The molecule has 2 bridgehead atoms. The number of ether oxygens (including phenoxy) is 3. The van der Waals surface area contributed by atoms with Crippen LogP contribution in [-0.2, 0) is 22.5 Å². The van der Waals surface area contributed by atoms with Gasteiger partial charge in [-0.1, -0.05) is 23.4 Å². The van der Waals surface area contributed by atoms with Crippen LogP contribution in [0.4, 0.5) is 0 Å². The van der Waals surface area contributed by atoms with Gasteiger partial charge in [0.15, 0.2) is 0 Å². The van der Waals surface area contributed by atoms with Crippen LogP contribution < -0.4 is 14.8 Å². The number of carbonyl (C=O) groups excluding carboxylic acids is 2. The van der Waals surface area contributed by atoms with Gasteiger partial charge < -0.3 is 24.4 Å². The summed E-state index contributed by atoms with van der Waals surface area (Å²) in [6.07, 6.45) is 5.27. The third kappa shape index (κ3) is 7.90. The largest absolute Gasteiger partial charge is 0.494 e. The van der Waals surface area contributed by atoms with Crippen molar-refractivity contribution < 1.29 is 23.8 Å². The highest BCUT2D eigenvalue weighted by Gasteiger charge is 2.32. The van der Waals surface area contributed by atoms with Crippen LogP contribution in [-0.4, -0.2) is 101 Å². The molecule has 3 aromatic heterocycles. The first kappa shape index (κ1) is 31.6. The van der Waals surface area contributed by atoms with Gasteiger partial charge in [-0.3, -0.25) is 14.5 Å². The van der Waals surface area contributed by atoms with Crippen LogP contribution in [0.25, 0.3) is 5.69 Å². The topological polar surface area (TPSA) is 124 Å². The quantitative estimate of drug-likeness (QED) is 0.315. The summed E-state index contributed by atoms with van der Waals surface area (Å²) in [4.78, 5) is 37.6. The second-order valence-electron chi connectivity index (χ2n) is 11.5. The van der Waals surface area contributed by atoms with Crippen LogP contribution in [0, 0.1) is 5.92 Å². The maximum Gasteiger partial charge on any atom is 0.257 e. The molecule has 242 valence electrons. The third-order valence-corrected chi connectivity index (χ3v) is 9.19. The zero-order chi connectivity index (χ0) is 31.7. The molecule has 7 rings (SSSR count). The fraction of sp³-hybridized carbons (Fsp3) is 0.424. The Morgan fingerprint density at radius 1 is 1.02 bits per heavy atom. The van der Waals surface area contributed by atoms with Gasteiger partial charge in [-0.15, -0.1) is 16.4 Å². The van der Waals surface area contributed by atoms with Crippen LogP contribution >= 0.6 is 11.3 Å². The molecule has 13 heteroatoms. The zero-order valence-corrected chi connectivity index (χ0v) is 26.7. The molecule has 0 spiro atoms. The number of hydrogen-bond donors (Lipinski definition) is 1. The number of rotatable bonds is 6. The Balaban J connectivity index is 1.23. The minimum Gasteiger partial charge on any atom is -0.494 e. The molecule has 3 aliphatic rings. The SMILES string of the molecule is COc1ccccc1-n1cc(C[C@H]2NC(=O)c3cccnc3OCCOCCN(Cc3cccs3)CC3CCN(CC3)C2=O)nn1. The molecular formula is C33H39N7O5S. The van der Waals surface area contributed by atoms with Crippen LogP contribution in [0.5, 0.6) is 11.6 Å². The fourth-order valence-corrected chi connectivity index (χ4v) is 6.67. The standard InChI is InChI=1S/C33H39N7O5S/c1-43-30-9-3-2-8-29(30)40-22-25(36-37-40)20-28-33(42)39-13-10-24(11-14-39)21-38(23-26-6-5-19-46-26)15-16-44-17-18-45-32-27(31(41)35-28)7-4-12-34-32/h2-9,12,19,22,24,28H,10-11,13-18,20-21,23H2,1H3,(H,35,41)/t28-/m1/s1. The van der Waals surface area contributed by atoms with Crippen LogP contribution in [0.15, 0.2) is 66.3 Å². The van der Waals surface area contributed by atoms with E-state index < -0.39 is 11.9 Å². The van der Waals surface area contributed by atoms with Crippen LogP contribution in [0.2, 0.25) is 0 Å². The fourth-order valence-electron chi connectivity index (χ4n) is 5.92. The number of pyridine rings is 1. The molecule has 1 atom stereocenters. The molecular weight excluding hydrogens is 606 g/mol.